The standard InChI is InChI=1S/C17H33BO5Si2/c1-10(2)24(11(3)4)20-9-14-16(15(19)17(18)21-14)22-25(23-24,12(5)6)13(7)8/h10-14,16-17H,9H2,1-8H3/t14-,16?,17+/m0/s1. The molecule has 0 aromatic carbocycles. The van der Waals surface area contributed by atoms with Gasteiger partial charge in [-0.05, 0) is 22.2 Å². The number of fused-ring (bicyclic) bond motifs is 1. The summed E-state index contributed by atoms with van der Waals surface area (Å²) in [6.07, 6.45) is -1.13. The van der Waals surface area contributed by atoms with Crippen LogP contribution in [0.1, 0.15) is 55.4 Å². The minimum absolute atomic E-state index is 0.184. The molecular weight excluding hydrogens is 351 g/mol. The molecule has 8 heteroatoms. The maximum absolute atomic E-state index is 12.5. The number of hydrogen-bond acceptors (Lipinski definition) is 5. The summed E-state index contributed by atoms with van der Waals surface area (Å²) in [5, 5.41) is 0. The number of carbonyl (C=O) groups excluding carboxylic acids is 1. The molecule has 0 bridgehead atoms. The summed E-state index contributed by atoms with van der Waals surface area (Å²) < 4.78 is 25.8. The quantitative estimate of drug-likeness (QED) is 0.696. The van der Waals surface area contributed by atoms with Gasteiger partial charge >= 0.3 is 17.1 Å². The highest BCUT2D eigenvalue weighted by molar-refractivity contribution is 6.84. The molecule has 0 spiro atoms. The van der Waals surface area contributed by atoms with E-state index >= 15 is 0 Å². The summed E-state index contributed by atoms with van der Waals surface area (Å²) >= 11 is 0. The van der Waals surface area contributed by atoms with E-state index in [0.29, 0.717) is 6.61 Å². The van der Waals surface area contributed by atoms with Crippen molar-refractivity contribution in [3.63, 3.8) is 0 Å². The van der Waals surface area contributed by atoms with Gasteiger partial charge in [0.1, 0.15) is 20.1 Å². The lowest BCUT2D eigenvalue weighted by molar-refractivity contribution is -0.125. The van der Waals surface area contributed by atoms with Gasteiger partial charge in [-0.25, -0.2) is 0 Å². The zero-order chi connectivity index (χ0) is 19.2. The average Bonchev–Trinajstić information content (AvgIpc) is 2.73. The lowest BCUT2D eigenvalue weighted by Gasteiger charge is -2.50. The van der Waals surface area contributed by atoms with Gasteiger partial charge in [-0.1, -0.05) is 55.4 Å². The van der Waals surface area contributed by atoms with Gasteiger partial charge in [0, 0.05) is 0 Å². The fraction of sp³-hybridized carbons (Fsp3) is 0.941. The van der Waals surface area contributed by atoms with E-state index in [9.17, 15) is 4.79 Å². The molecular formula is C17H33BO5Si2. The molecule has 2 heterocycles. The van der Waals surface area contributed by atoms with Gasteiger partial charge in [0.15, 0.2) is 5.78 Å². The molecule has 142 valence electrons. The fourth-order valence-electron chi connectivity index (χ4n) is 4.06. The molecule has 2 fully saturated rings. The molecule has 25 heavy (non-hydrogen) atoms. The number of hydrogen-bond donors (Lipinski definition) is 0. The van der Waals surface area contributed by atoms with Gasteiger partial charge in [0.25, 0.3) is 0 Å². The maximum atomic E-state index is 12.5. The van der Waals surface area contributed by atoms with Crippen molar-refractivity contribution >= 4 is 30.8 Å². The Labute approximate surface area is 156 Å². The Bertz CT molecular complexity index is 481. The molecule has 0 saturated carbocycles. The summed E-state index contributed by atoms with van der Waals surface area (Å²) in [6.45, 7) is 17.5. The largest absolute Gasteiger partial charge is 0.414 e. The number of Topliss-reactive ketones (excluding diaryl/α,β-unsaturated/α-hetero) is 1. The Morgan fingerprint density at radius 1 is 0.920 bits per heavy atom. The SMILES string of the molecule is [B][C@@H]1O[C@H]2CO[Si](C(C)C)(C(C)C)O[Si](C(C)C)(C(C)C)OC2C1=O. The Morgan fingerprint density at radius 3 is 1.84 bits per heavy atom. The molecule has 0 aliphatic carbocycles. The normalized spacial score (nSPS) is 32.3. The molecule has 3 atom stereocenters. The van der Waals surface area contributed by atoms with Gasteiger partial charge < -0.3 is 17.7 Å². The molecule has 1 unspecified atom stereocenters. The monoisotopic (exact) mass is 384 g/mol. The maximum Gasteiger partial charge on any atom is 0.335 e. The van der Waals surface area contributed by atoms with Crippen molar-refractivity contribution in [1.82, 2.24) is 0 Å². The van der Waals surface area contributed by atoms with E-state index in [0.717, 1.165) is 0 Å². The van der Waals surface area contributed by atoms with Crippen molar-refractivity contribution in [1.29, 1.82) is 0 Å². The van der Waals surface area contributed by atoms with Crippen LogP contribution in [0.3, 0.4) is 0 Å². The van der Waals surface area contributed by atoms with E-state index in [-0.39, 0.29) is 27.9 Å². The smallest absolute Gasteiger partial charge is 0.335 e. The van der Waals surface area contributed by atoms with Crippen LogP contribution >= 0.6 is 0 Å². The van der Waals surface area contributed by atoms with Crippen molar-refractivity contribution in [3.8, 4) is 0 Å². The first-order valence-corrected chi connectivity index (χ1v) is 13.4. The van der Waals surface area contributed by atoms with Crippen LogP contribution in [0.15, 0.2) is 0 Å². The fourth-order valence-corrected chi connectivity index (χ4v) is 15.2. The van der Waals surface area contributed by atoms with Crippen molar-refractivity contribution in [2.24, 2.45) is 0 Å². The molecule has 0 amide bonds. The van der Waals surface area contributed by atoms with Crippen LogP contribution < -0.4 is 0 Å². The molecule has 5 nitrogen and oxygen atoms in total. The first kappa shape index (κ1) is 21.3. The number of ketones is 1. The third kappa shape index (κ3) is 3.58. The molecule has 2 radical (unpaired) electrons. The Kier molecular flexibility index (Phi) is 6.44. The molecule has 0 aromatic rings. The van der Waals surface area contributed by atoms with E-state index in [4.69, 9.17) is 25.6 Å². The van der Waals surface area contributed by atoms with Crippen molar-refractivity contribution in [2.45, 2.75) is 95.8 Å². The van der Waals surface area contributed by atoms with Crippen LogP contribution in [0, 0.1) is 0 Å². The van der Waals surface area contributed by atoms with Crippen LogP contribution in [-0.2, 0) is 22.5 Å². The summed E-state index contributed by atoms with van der Waals surface area (Å²) in [7, 11) is 0.509. The molecule has 0 aromatic heterocycles. The summed E-state index contributed by atoms with van der Waals surface area (Å²) in [4.78, 5) is 12.5. The van der Waals surface area contributed by atoms with Crippen molar-refractivity contribution < 1.29 is 22.5 Å². The summed E-state index contributed by atoms with van der Waals surface area (Å²) in [5.41, 5.74) is 0.901. The zero-order valence-electron chi connectivity index (χ0n) is 16.9. The van der Waals surface area contributed by atoms with Gasteiger partial charge in [0.05, 0.1) is 12.6 Å². The first-order valence-electron chi connectivity index (χ1n) is 9.44. The minimum atomic E-state index is -2.76. The summed E-state index contributed by atoms with van der Waals surface area (Å²) in [5.74, 6) is -0.196. The second-order valence-electron chi connectivity index (χ2n) is 8.51. The lowest BCUT2D eigenvalue weighted by Crippen LogP contribution is -2.65. The minimum Gasteiger partial charge on any atom is -0.414 e. The van der Waals surface area contributed by atoms with Crippen LogP contribution in [0.5, 0.6) is 0 Å². The lowest BCUT2D eigenvalue weighted by atomic mass is 9.95. The first-order chi connectivity index (χ1) is 11.5. The third-order valence-electron chi connectivity index (χ3n) is 5.54. The number of carbonyl (C=O) groups is 1. The third-order valence-corrected chi connectivity index (χ3v) is 15.8. The summed E-state index contributed by atoms with van der Waals surface area (Å²) in [6, 6.07) is -0.933. The predicted octanol–water partition coefficient (Wildman–Crippen LogP) is 3.41. The molecule has 2 saturated heterocycles. The molecule has 2 aliphatic rings. The second-order valence-corrected chi connectivity index (χ2v) is 17.4. The Morgan fingerprint density at radius 2 is 1.40 bits per heavy atom. The Hall–Kier alpha value is 0.00870. The predicted molar refractivity (Wildman–Crippen MR) is 103 cm³/mol. The molecule has 2 aliphatic heterocycles. The van der Waals surface area contributed by atoms with Gasteiger partial charge in [-0.15, -0.1) is 0 Å². The van der Waals surface area contributed by atoms with Gasteiger partial charge in [-0.3, -0.25) is 4.79 Å². The van der Waals surface area contributed by atoms with Crippen LogP contribution in [0.2, 0.25) is 22.2 Å². The second kappa shape index (κ2) is 7.56. The highest BCUT2D eigenvalue weighted by atomic mass is 28.5. The van der Waals surface area contributed by atoms with E-state index < -0.39 is 35.3 Å². The van der Waals surface area contributed by atoms with Gasteiger partial charge in [-0.2, -0.15) is 0 Å². The van der Waals surface area contributed by atoms with Crippen molar-refractivity contribution in [2.75, 3.05) is 6.61 Å². The highest BCUT2D eigenvalue weighted by Crippen LogP contribution is 2.46. The number of rotatable bonds is 4. The van der Waals surface area contributed by atoms with E-state index in [1.54, 1.807) is 0 Å². The van der Waals surface area contributed by atoms with E-state index in [1.165, 1.54) is 0 Å². The molecule has 2 rings (SSSR count). The van der Waals surface area contributed by atoms with Crippen molar-refractivity contribution in [3.05, 3.63) is 0 Å². The number of ether oxygens (including phenoxy) is 1. The van der Waals surface area contributed by atoms with Gasteiger partial charge in [0.2, 0.25) is 0 Å². The van der Waals surface area contributed by atoms with Crippen LogP contribution in [-0.4, -0.2) is 55.6 Å². The Balaban J connectivity index is 2.55. The van der Waals surface area contributed by atoms with Crippen LogP contribution in [0.4, 0.5) is 0 Å². The average molecular weight is 384 g/mol. The topological polar surface area (TPSA) is 54.0 Å². The highest BCUT2D eigenvalue weighted by Gasteiger charge is 2.61. The molecule has 0 N–H and O–H groups in total. The van der Waals surface area contributed by atoms with Crippen LogP contribution in [0.25, 0.3) is 0 Å². The van der Waals surface area contributed by atoms with E-state index in [1.807, 2.05) is 0 Å². The zero-order valence-corrected chi connectivity index (χ0v) is 18.9. The van der Waals surface area contributed by atoms with E-state index in [2.05, 4.69) is 55.4 Å².